The maximum atomic E-state index is 11.0. The standard InChI is InChI=1S/C20H13N3O5/c1-13-5-6-17(23(26)27)11-19(13)20-8-7-18(28-20)10-15(12-21)14-3-2-4-16(9-14)22(24)25/h2-11H,1H3. The smallest absolute Gasteiger partial charge is 0.270 e. The van der Waals surface area contributed by atoms with Crippen LogP contribution in [0.25, 0.3) is 23.0 Å². The van der Waals surface area contributed by atoms with Crippen LogP contribution in [0.4, 0.5) is 11.4 Å². The average molecular weight is 375 g/mol. The summed E-state index contributed by atoms with van der Waals surface area (Å²) in [5.74, 6) is 0.771. The number of furan rings is 1. The number of nitrogens with zero attached hydrogens (tertiary/aromatic N) is 3. The minimum absolute atomic E-state index is 0.0524. The lowest BCUT2D eigenvalue weighted by molar-refractivity contribution is -0.385. The van der Waals surface area contributed by atoms with Crippen LogP contribution in [0.2, 0.25) is 0 Å². The highest BCUT2D eigenvalue weighted by molar-refractivity contribution is 5.89. The van der Waals surface area contributed by atoms with Crippen molar-refractivity contribution < 1.29 is 14.3 Å². The Labute approximate surface area is 159 Å². The minimum atomic E-state index is -0.533. The van der Waals surface area contributed by atoms with Gasteiger partial charge in [-0.15, -0.1) is 0 Å². The number of rotatable bonds is 5. The fraction of sp³-hybridized carbons (Fsp3) is 0.0500. The Hall–Kier alpha value is -4.25. The van der Waals surface area contributed by atoms with Crippen molar-refractivity contribution in [3.63, 3.8) is 0 Å². The molecular formula is C20H13N3O5. The lowest BCUT2D eigenvalue weighted by Crippen LogP contribution is -1.90. The van der Waals surface area contributed by atoms with Crippen LogP contribution in [0.3, 0.4) is 0 Å². The largest absolute Gasteiger partial charge is 0.457 e. The van der Waals surface area contributed by atoms with Gasteiger partial charge in [-0.2, -0.15) is 5.26 Å². The van der Waals surface area contributed by atoms with Crippen LogP contribution in [0.15, 0.2) is 59.0 Å². The SMILES string of the molecule is Cc1ccc([N+](=O)[O-])cc1-c1ccc(C=C(C#N)c2cccc([N+](=O)[O-])c2)o1. The van der Waals surface area contributed by atoms with E-state index in [4.69, 9.17) is 4.42 Å². The van der Waals surface area contributed by atoms with Gasteiger partial charge < -0.3 is 4.42 Å². The van der Waals surface area contributed by atoms with Crippen LogP contribution in [-0.2, 0) is 0 Å². The number of benzene rings is 2. The molecule has 0 radical (unpaired) electrons. The molecule has 0 bridgehead atoms. The molecule has 0 fully saturated rings. The maximum absolute atomic E-state index is 11.0. The molecule has 0 atom stereocenters. The third kappa shape index (κ3) is 3.78. The zero-order chi connectivity index (χ0) is 20.3. The zero-order valence-corrected chi connectivity index (χ0v) is 14.7. The molecule has 3 aromatic rings. The van der Waals surface area contributed by atoms with Gasteiger partial charge in [0.15, 0.2) is 0 Å². The number of nitro benzene ring substituents is 2. The molecule has 2 aromatic carbocycles. The van der Waals surface area contributed by atoms with Crippen LogP contribution in [0.1, 0.15) is 16.9 Å². The molecule has 138 valence electrons. The Morgan fingerprint density at radius 1 is 1.04 bits per heavy atom. The summed E-state index contributed by atoms with van der Waals surface area (Å²) in [5, 5.41) is 31.4. The van der Waals surface area contributed by atoms with Crippen LogP contribution in [0, 0.1) is 38.5 Å². The lowest BCUT2D eigenvalue weighted by atomic mass is 10.1. The van der Waals surface area contributed by atoms with Crippen molar-refractivity contribution in [2.45, 2.75) is 6.92 Å². The topological polar surface area (TPSA) is 123 Å². The molecular weight excluding hydrogens is 362 g/mol. The monoisotopic (exact) mass is 375 g/mol. The summed E-state index contributed by atoms with van der Waals surface area (Å²) in [6.45, 7) is 1.81. The van der Waals surface area contributed by atoms with Crippen molar-refractivity contribution in [1.29, 1.82) is 5.26 Å². The second kappa shape index (κ2) is 7.55. The van der Waals surface area contributed by atoms with E-state index in [1.54, 1.807) is 31.2 Å². The van der Waals surface area contributed by atoms with Gasteiger partial charge >= 0.3 is 0 Å². The van der Waals surface area contributed by atoms with Crippen LogP contribution < -0.4 is 0 Å². The molecule has 0 aliphatic rings. The van der Waals surface area contributed by atoms with Gasteiger partial charge in [0.05, 0.1) is 21.5 Å². The average Bonchev–Trinajstić information content (AvgIpc) is 3.14. The Morgan fingerprint density at radius 2 is 1.75 bits per heavy atom. The Balaban J connectivity index is 1.99. The summed E-state index contributed by atoms with van der Waals surface area (Å²) in [6, 6.07) is 15.5. The molecule has 8 heteroatoms. The first-order valence-corrected chi connectivity index (χ1v) is 8.11. The molecule has 3 rings (SSSR count). The van der Waals surface area contributed by atoms with E-state index in [-0.39, 0.29) is 16.9 Å². The van der Waals surface area contributed by atoms with Gasteiger partial charge in [-0.3, -0.25) is 20.2 Å². The molecule has 0 spiro atoms. The normalized spacial score (nSPS) is 11.1. The van der Waals surface area contributed by atoms with Gasteiger partial charge in [0.1, 0.15) is 11.5 Å². The van der Waals surface area contributed by atoms with Gasteiger partial charge in [0.25, 0.3) is 11.4 Å². The number of non-ortho nitro benzene ring substituents is 2. The molecule has 0 aliphatic carbocycles. The molecule has 0 amide bonds. The highest BCUT2D eigenvalue weighted by Gasteiger charge is 2.14. The van der Waals surface area contributed by atoms with Crippen molar-refractivity contribution in [1.82, 2.24) is 0 Å². The quantitative estimate of drug-likeness (QED) is 0.346. The fourth-order valence-corrected chi connectivity index (χ4v) is 2.67. The lowest BCUT2D eigenvalue weighted by Gasteiger charge is -2.02. The zero-order valence-electron chi connectivity index (χ0n) is 14.7. The summed E-state index contributed by atoms with van der Waals surface area (Å²) in [5.41, 5.74) is 1.79. The minimum Gasteiger partial charge on any atom is -0.457 e. The molecule has 0 N–H and O–H groups in total. The van der Waals surface area contributed by atoms with Crippen molar-refractivity contribution in [3.8, 4) is 17.4 Å². The predicted molar refractivity (Wildman–Crippen MR) is 102 cm³/mol. The molecule has 0 aliphatic heterocycles. The molecule has 0 saturated carbocycles. The predicted octanol–water partition coefficient (Wildman–Crippen LogP) is 5.14. The Kier molecular flexibility index (Phi) is 5.00. The summed E-state index contributed by atoms with van der Waals surface area (Å²) < 4.78 is 5.73. The number of hydrogen-bond acceptors (Lipinski definition) is 6. The molecule has 8 nitrogen and oxygen atoms in total. The Bertz CT molecular complexity index is 1150. The molecule has 0 saturated heterocycles. The summed E-state index contributed by atoms with van der Waals surface area (Å²) >= 11 is 0. The third-order valence-corrected chi connectivity index (χ3v) is 4.10. The highest BCUT2D eigenvalue weighted by atomic mass is 16.6. The number of allylic oxidation sites excluding steroid dienone is 1. The first kappa shape index (κ1) is 18.5. The number of hydrogen-bond donors (Lipinski definition) is 0. The Morgan fingerprint density at radius 3 is 2.43 bits per heavy atom. The van der Waals surface area contributed by atoms with Crippen LogP contribution in [-0.4, -0.2) is 9.85 Å². The number of nitriles is 1. The second-order valence-electron chi connectivity index (χ2n) is 5.94. The van der Waals surface area contributed by atoms with E-state index < -0.39 is 9.85 Å². The van der Waals surface area contributed by atoms with Crippen LogP contribution in [0.5, 0.6) is 0 Å². The summed E-state index contributed by atoms with van der Waals surface area (Å²) in [6.07, 6.45) is 1.47. The highest BCUT2D eigenvalue weighted by Crippen LogP contribution is 2.30. The van der Waals surface area contributed by atoms with E-state index >= 15 is 0 Å². The third-order valence-electron chi connectivity index (χ3n) is 4.10. The molecule has 1 aromatic heterocycles. The number of aryl methyl sites for hydroxylation is 1. The van der Waals surface area contributed by atoms with E-state index in [2.05, 4.69) is 0 Å². The van der Waals surface area contributed by atoms with E-state index in [0.29, 0.717) is 22.6 Å². The molecule has 1 heterocycles. The molecule has 28 heavy (non-hydrogen) atoms. The fourth-order valence-electron chi connectivity index (χ4n) is 2.67. The van der Waals surface area contributed by atoms with Gasteiger partial charge in [-0.25, -0.2) is 0 Å². The van der Waals surface area contributed by atoms with E-state index in [1.807, 2.05) is 6.07 Å². The first-order chi connectivity index (χ1) is 13.4. The summed E-state index contributed by atoms with van der Waals surface area (Å²) in [7, 11) is 0. The number of nitro groups is 2. The first-order valence-electron chi connectivity index (χ1n) is 8.11. The van der Waals surface area contributed by atoms with Crippen molar-refractivity contribution in [3.05, 3.63) is 91.7 Å². The van der Waals surface area contributed by atoms with Gasteiger partial charge in [0.2, 0.25) is 0 Å². The maximum Gasteiger partial charge on any atom is 0.270 e. The van der Waals surface area contributed by atoms with E-state index in [0.717, 1.165) is 5.56 Å². The van der Waals surface area contributed by atoms with Crippen molar-refractivity contribution >= 4 is 23.0 Å². The summed E-state index contributed by atoms with van der Waals surface area (Å²) in [4.78, 5) is 20.9. The van der Waals surface area contributed by atoms with Crippen molar-refractivity contribution in [2.75, 3.05) is 0 Å². The van der Waals surface area contributed by atoms with Gasteiger partial charge in [-0.05, 0) is 36.3 Å². The van der Waals surface area contributed by atoms with Crippen LogP contribution >= 0.6 is 0 Å². The van der Waals surface area contributed by atoms with Gasteiger partial charge in [-0.1, -0.05) is 18.2 Å². The van der Waals surface area contributed by atoms with E-state index in [9.17, 15) is 25.5 Å². The second-order valence-corrected chi connectivity index (χ2v) is 5.94. The van der Waals surface area contributed by atoms with Crippen molar-refractivity contribution in [2.24, 2.45) is 0 Å². The molecule has 0 unspecified atom stereocenters. The van der Waals surface area contributed by atoms with E-state index in [1.165, 1.54) is 36.4 Å². The van der Waals surface area contributed by atoms with Gasteiger partial charge in [0, 0.05) is 29.8 Å².